The number of rotatable bonds is 4. The van der Waals surface area contributed by atoms with Gasteiger partial charge in [-0.05, 0) is 69.6 Å². The van der Waals surface area contributed by atoms with Gasteiger partial charge in [0.2, 0.25) is 0 Å². The van der Waals surface area contributed by atoms with Crippen LogP contribution in [0.1, 0.15) is 22.4 Å². The molecule has 0 spiro atoms. The maximum Gasteiger partial charge on any atom is 0.0648 e. The number of benzene rings is 1. The Morgan fingerprint density at radius 2 is 1.94 bits per heavy atom. The number of aromatic nitrogens is 2. The first-order chi connectivity index (χ1) is 8.61. The topological polar surface area (TPSA) is 29.9 Å². The van der Waals surface area contributed by atoms with E-state index >= 15 is 0 Å². The third kappa shape index (κ3) is 2.62. The quantitative estimate of drug-likeness (QED) is 0.894. The fourth-order valence-electron chi connectivity index (χ4n) is 2.00. The molecule has 18 heavy (non-hydrogen) atoms. The first kappa shape index (κ1) is 12.8. The molecule has 1 heterocycles. The second-order valence-electron chi connectivity index (χ2n) is 4.81. The van der Waals surface area contributed by atoms with Crippen LogP contribution in [0.4, 0.5) is 0 Å². The molecule has 0 fully saturated rings. The Balaban J connectivity index is 2.30. The van der Waals surface area contributed by atoms with Gasteiger partial charge in [0.05, 0.1) is 11.4 Å². The summed E-state index contributed by atoms with van der Waals surface area (Å²) in [5, 5.41) is 7.77. The molecule has 0 aliphatic carbocycles. The Kier molecular flexibility index (Phi) is 3.82. The molecule has 0 amide bonds. The van der Waals surface area contributed by atoms with Crippen molar-refractivity contribution in [3.63, 3.8) is 0 Å². The number of nitrogens with one attached hydrogen (secondary N) is 1. The van der Waals surface area contributed by atoms with Gasteiger partial charge in [-0.3, -0.25) is 0 Å². The number of aryl methyl sites for hydroxylation is 3. The summed E-state index contributed by atoms with van der Waals surface area (Å²) in [4.78, 5) is 0. The van der Waals surface area contributed by atoms with Crippen LogP contribution in [0.3, 0.4) is 0 Å². The van der Waals surface area contributed by atoms with Crippen molar-refractivity contribution in [3.05, 3.63) is 46.8 Å². The molecule has 2 aromatic rings. The maximum absolute atomic E-state index is 4.59. The van der Waals surface area contributed by atoms with Gasteiger partial charge in [-0.15, -0.1) is 0 Å². The number of hydrogen-bond donors (Lipinski definition) is 1. The number of nitrogens with zero attached hydrogens (tertiary/aromatic N) is 2. The maximum atomic E-state index is 4.59. The van der Waals surface area contributed by atoms with Crippen molar-refractivity contribution in [3.8, 4) is 5.69 Å². The van der Waals surface area contributed by atoms with Crippen molar-refractivity contribution in [2.45, 2.75) is 27.2 Å². The van der Waals surface area contributed by atoms with Gasteiger partial charge >= 0.3 is 0 Å². The van der Waals surface area contributed by atoms with Gasteiger partial charge in [0.1, 0.15) is 0 Å². The zero-order chi connectivity index (χ0) is 13.1. The molecule has 0 saturated carbocycles. The van der Waals surface area contributed by atoms with Crippen LogP contribution >= 0.6 is 0 Å². The Morgan fingerprint density at radius 3 is 2.61 bits per heavy atom. The Hall–Kier alpha value is -1.61. The van der Waals surface area contributed by atoms with E-state index in [-0.39, 0.29) is 0 Å². The molecule has 1 aromatic heterocycles. The zero-order valence-electron chi connectivity index (χ0n) is 11.6. The monoisotopic (exact) mass is 243 g/mol. The van der Waals surface area contributed by atoms with E-state index in [1.165, 1.54) is 16.7 Å². The molecule has 1 N–H and O–H groups in total. The highest BCUT2D eigenvalue weighted by atomic mass is 15.3. The predicted molar refractivity (Wildman–Crippen MR) is 75.4 cm³/mol. The lowest BCUT2D eigenvalue weighted by Crippen LogP contribution is -2.10. The Morgan fingerprint density at radius 1 is 1.17 bits per heavy atom. The van der Waals surface area contributed by atoms with Crippen LogP contribution in [0.5, 0.6) is 0 Å². The average Bonchev–Trinajstić information content (AvgIpc) is 2.72. The van der Waals surface area contributed by atoms with Gasteiger partial charge < -0.3 is 5.32 Å². The van der Waals surface area contributed by atoms with Gasteiger partial charge in [0.15, 0.2) is 0 Å². The van der Waals surface area contributed by atoms with Gasteiger partial charge in [-0.1, -0.05) is 6.07 Å². The van der Waals surface area contributed by atoms with Gasteiger partial charge in [0, 0.05) is 6.20 Å². The van der Waals surface area contributed by atoms with Gasteiger partial charge in [-0.2, -0.15) is 5.10 Å². The fraction of sp³-hybridized carbons (Fsp3) is 0.400. The SMILES string of the molecule is CNCCc1cn(-c2ccc(C)c(C)c2)nc1C. The largest absolute Gasteiger partial charge is 0.319 e. The van der Waals surface area contributed by atoms with Crippen molar-refractivity contribution >= 4 is 0 Å². The van der Waals surface area contributed by atoms with Crippen LogP contribution in [0.2, 0.25) is 0 Å². The minimum atomic E-state index is 0.986. The molecule has 2 rings (SSSR count). The molecule has 1 aromatic carbocycles. The van der Waals surface area contributed by atoms with Crippen LogP contribution in [-0.2, 0) is 6.42 Å². The summed E-state index contributed by atoms with van der Waals surface area (Å²) in [6, 6.07) is 6.45. The second kappa shape index (κ2) is 5.36. The van der Waals surface area contributed by atoms with E-state index in [9.17, 15) is 0 Å². The first-order valence-electron chi connectivity index (χ1n) is 6.39. The van der Waals surface area contributed by atoms with Crippen LogP contribution in [0.25, 0.3) is 5.69 Å². The summed E-state index contributed by atoms with van der Waals surface area (Å²) in [6.45, 7) is 7.32. The summed E-state index contributed by atoms with van der Waals surface area (Å²) in [7, 11) is 1.98. The summed E-state index contributed by atoms with van der Waals surface area (Å²) < 4.78 is 1.98. The summed E-state index contributed by atoms with van der Waals surface area (Å²) in [5.41, 5.74) is 6.18. The lowest BCUT2D eigenvalue weighted by molar-refractivity contribution is 0.788. The fourth-order valence-corrected chi connectivity index (χ4v) is 2.00. The highest BCUT2D eigenvalue weighted by Crippen LogP contribution is 2.16. The molecule has 0 unspecified atom stereocenters. The lowest BCUT2D eigenvalue weighted by Gasteiger charge is -2.04. The normalized spacial score (nSPS) is 10.9. The zero-order valence-corrected chi connectivity index (χ0v) is 11.6. The van der Waals surface area contributed by atoms with Gasteiger partial charge in [-0.25, -0.2) is 4.68 Å². The molecular formula is C15H21N3. The van der Waals surface area contributed by atoms with E-state index in [0.717, 1.165) is 24.3 Å². The third-order valence-corrected chi connectivity index (χ3v) is 3.40. The minimum Gasteiger partial charge on any atom is -0.319 e. The summed E-state index contributed by atoms with van der Waals surface area (Å²) in [5.74, 6) is 0. The second-order valence-corrected chi connectivity index (χ2v) is 4.81. The molecular weight excluding hydrogens is 222 g/mol. The van der Waals surface area contributed by atoms with Crippen molar-refractivity contribution in [2.24, 2.45) is 0 Å². The average molecular weight is 243 g/mol. The van der Waals surface area contributed by atoms with Crippen LogP contribution in [-0.4, -0.2) is 23.4 Å². The predicted octanol–water partition coefficient (Wildman–Crippen LogP) is 2.56. The molecule has 0 saturated heterocycles. The molecule has 0 radical (unpaired) electrons. The smallest absolute Gasteiger partial charge is 0.0648 e. The van der Waals surface area contributed by atoms with E-state index in [4.69, 9.17) is 0 Å². The van der Waals surface area contributed by atoms with E-state index in [2.05, 4.69) is 55.6 Å². The van der Waals surface area contributed by atoms with E-state index in [1.807, 2.05) is 11.7 Å². The van der Waals surface area contributed by atoms with Gasteiger partial charge in [0.25, 0.3) is 0 Å². The van der Waals surface area contributed by atoms with Crippen LogP contribution < -0.4 is 5.32 Å². The van der Waals surface area contributed by atoms with Crippen molar-refractivity contribution in [1.29, 1.82) is 0 Å². The van der Waals surface area contributed by atoms with Crippen molar-refractivity contribution < 1.29 is 0 Å². The van der Waals surface area contributed by atoms with E-state index in [0.29, 0.717) is 0 Å². The molecule has 96 valence electrons. The van der Waals surface area contributed by atoms with Crippen LogP contribution in [0.15, 0.2) is 24.4 Å². The summed E-state index contributed by atoms with van der Waals surface area (Å²) in [6.07, 6.45) is 3.16. The molecule has 0 atom stereocenters. The standard InChI is InChI=1S/C15H21N3/c1-11-5-6-15(9-12(11)2)18-10-14(7-8-16-4)13(3)17-18/h5-6,9-10,16H,7-8H2,1-4H3. The van der Waals surface area contributed by atoms with E-state index < -0.39 is 0 Å². The summed E-state index contributed by atoms with van der Waals surface area (Å²) >= 11 is 0. The Bertz CT molecular complexity index is 541. The molecule has 0 aliphatic rings. The third-order valence-electron chi connectivity index (χ3n) is 3.40. The molecule has 0 bridgehead atoms. The van der Waals surface area contributed by atoms with Crippen LogP contribution in [0, 0.1) is 20.8 Å². The number of hydrogen-bond acceptors (Lipinski definition) is 2. The number of likely N-dealkylation sites (N-methyl/N-ethyl adjacent to an activating group) is 1. The molecule has 3 nitrogen and oxygen atoms in total. The van der Waals surface area contributed by atoms with E-state index in [1.54, 1.807) is 0 Å². The molecule has 3 heteroatoms. The minimum absolute atomic E-state index is 0.986. The van der Waals surface area contributed by atoms with Crippen molar-refractivity contribution in [2.75, 3.05) is 13.6 Å². The lowest BCUT2D eigenvalue weighted by atomic mass is 10.1. The van der Waals surface area contributed by atoms with Crippen molar-refractivity contribution in [1.82, 2.24) is 15.1 Å². The highest BCUT2D eigenvalue weighted by molar-refractivity contribution is 5.39. The first-order valence-corrected chi connectivity index (χ1v) is 6.39. The highest BCUT2D eigenvalue weighted by Gasteiger charge is 2.06. The Labute approximate surface area is 109 Å². The molecule has 0 aliphatic heterocycles.